The van der Waals surface area contributed by atoms with Crippen LogP contribution < -0.4 is 10.6 Å². The first kappa shape index (κ1) is 33.3. The van der Waals surface area contributed by atoms with Crippen molar-refractivity contribution in [1.82, 2.24) is 19.3 Å². The van der Waals surface area contributed by atoms with Crippen molar-refractivity contribution in [2.75, 3.05) is 25.1 Å². The summed E-state index contributed by atoms with van der Waals surface area (Å²) in [5.74, 6) is -3.49. The van der Waals surface area contributed by atoms with Gasteiger partial charge in [0.1, 0.15) is 28.7 Å². The second kappa shape index (κ2) is 12.5. The van der Waals surface area contributed by atoms with Crippen LogP contribution in [0.15, 0.2) is 60.8 Å². The van der Waals surface area contributed by atoms with Gasteiger partial charge in [-0.3, -0.25) is 9.59 Å². The van der Waals surface area contributed by atoms with Crippen molar-refractivity contribution in [2.45, 2.75) is 32.0 Å². The largest absolute Gasteiger partial charge is 0.417 e. The number of nitrogens with one attached hydrogen (secondary N) is 2. The molecule has 250 valence electrons. The van der Waals surface area contributed by atoms with Crippen LogP contribution in [0.2, 0.25) is 5.02 Å². The summed E-state index contributed by atoms with van der Waals surface area (Å²) in [6, 6.07) is 8.20. The Morgan fingerprint density at radius 3 is 2.52 bits per heavy atom. The van der Waals surface area contributed by atoms with Gasteiger partial charge in [0, 0.05) is 54.7 Å². The molecule has 8 nitrogen and oxygen atoms in total. The highest BCUT2D eigenvalue weighted by molar-refractivity contribution is 6.38. The van der Waals surface area contributed by atoms with Crippen LogP contribution in [-0.2, 0) is 22.8 Å². The number of aromatic nitrogens is 3. The van der Waals surface area contributed by atoms with Gasteiger partial charge in [-0.1, -0.05) is 23.7 Å². The molecule has 3 aromatic heterocycles. The number of anilines is 1. The van der Waals surface area contributed by atoms with Gasteiger partial charge in [0.2, 0.25) is 11.7 Å². The van der Waals surface area contributed by atoms with Crippen LogP contribution in [0.4, 0.5) is 27.6 Å². The van der Waals surface area contributed by atoms with Crippen LogP contribution in [0.1, 0.15) is 40.8 Å². The molecule has 2 aromatic carbocycles. The summed E-state index contributed by atoms with van der Waals surface area (Å²) in [7, 11) is 1.59. The van der Waals surface area contributed by atoms with E-state index in [4.69, 9.17) is 16.3 Å². The van der Waals surface area contributed by atoms with E-state index in [2.05, 4.69) is 15.6 Å². The molecular weight excluding hydrogens is 657 g/mol. The predicted molar refractivity (Wildman–Crippen MR) is 171 cm³/mol. The molecule has 48 heavy (non-hydrogen) atoms. The van der Waals surface area contributed by atoms with Crippen LogP contribution >= 0.6 is 11.6 Å². The maximum Gasteiger partial charge on any atom is 0.417 e. The number of fused-ring (bicyclic) bond motifs is 2. The van der Waals surface area contributed by atoms with E-state index in [0.717, 1.165) is 30.7 Å². The Bertz CT molecular complexity index is 2110. The fourth-order valence-electron chi connectivity index (χ4n) is 5.84. The molecule has 0 spiro atoms. The summed E-state index contributed by atoms with van der Waals surface area (Å²) in [6.45, 7) is 5.13. The molecule has 6 rings (SSSR count). The lowest BCUT2D eigenvalue weighted by atomic mass is 9.97. The van der Waals surface area contributed by atoms with Gasteiger partial charge in [0.25, 0.3) is 0 Å². The van der Waals surface area contributed by atoms with E-state index in [-0.39, 0.29) is 49.5 Å². The number of ketones is 1. The zero-order valence-corrected chi connectivity index (χ0v) is 26.7. The van der Waals surface area contributed by atoms with Crippen LogP contribution in [0, 0.1) is 18.6 Å². The highest BCUT2D eigenvalue weighted by atomic mass is 35.5. The number of ether oxygens (including phenoxy) is 1. The molecular formula is C34H29ClF5N5O3. The topological polar surface area (TPSA) is 89.7 Å². The lowest BCUT2D eigenvalue weighted by Gasteiger charge is -2.22. The number of hydrogen-bond acceptors (Lipinski definition) is 5. The molecule has 1 aliphatic rings. The molecule has 2 N–H and O–H groups in total. The van der Waals surface area contributed by atoms with Crippen molar-refractivity contribution in [1.29, 1.82) is 0 Å². The summed E-state index contributed by atoms with van der Waals surface area (Å²) in [5.41, 5.74) is -2.06. The molecule has 0 saturated carbocycles. The van der Waals surface area contributed by atoms with Crippen molar-refractivity contribution in [2.24, 2.45) is 7.05 Å². The molecule has 4 heterocycles. The van der Waals surface area contributed by atoms with E-state index in [9.17, 15) is 22.8 Å². The molecule has 1 atom stereocenters. The van der Waals surface area contributed by atoms with E-state index in [1.807, 2.05) is 6.92 Å². The normalized spacial score (nSPS) is 16.9. The SMILES string of the molecule is Cc1nc2c(Cl)c(-c3cccn4c(C(=O)c5cc(F)c(NC(=O)/C=C/CNC6(C)CCOC6)c(F)c5)ccc34)c(C(F)(F)F)cc2n1C. The van der Waals surface area contributed by atoms with Gasteiger partial charge in [-0.05, 0) is 56.7 Å². The lowest BCUT2D eigenvalue weighted by Crippen LogP contribution is -2.42. The van der Waals surface area contributed by atoms with Gasteiger partial charge < -0.3 is 24.3 Å². The van der Waals surface area contributed by atoms with Crippen molar-refractivity contribution in [3.63, 3.8) is 0 Å². The third kappa shape index (κ3) is 6.09. The zero-order valence-electron chi connectivity index (χ0n) is 25.9. The Balaban J connectivity index is 1.29. The minimum absolute atomic E-state index is 0.0707. The van der Waals surface area contributed by atoms with Crippen LogP contribution in [0.3, 0.4) is 0 Å². The molecule has 1 saturated heterocycles. The molecule has 1 fully saturated rings. The number of alkyl halides is 3. The molecule has 1 unspecified atom stereocenters. The van der Waals surface area contributed by atoms with Gasteiger partial charge in [-0.15, -0.1) is 0 Å². The number of aryl methyl sites for hydroxylation is 2. The number of halogens is 6. The fourth-order valence-corrected chi connectivity index (χ4v) is 6.18. The number of benzene rings is 2. The Kier molecular flexibility index (Phi) is 8.65. The number of imidazole rings is 1. The second-order valence-corrected chi connectivity index (χ2v) is 12.3. The maximum atomic E-state index is 15.1. The molecule has 0 radical (unpaired) electrons. The molecule has 5 aromatic rings. The summed E-state index contributed by atoms with van der Waals surface area (Å²) in [5, 5.41) is 5.19. The number of amides is 1. The Morgan fingerprint density at radius 2 is 1.85 bits per heavy atom. The average molecular weight is 686 g/mol. The summed E-state index contributed by atoms with van der Waals surface area (Å²) < 4.78 is 81.6. The first-order valence-corrected chi connectivity index (χ1v) is 15.2. The van der Waals surface area contributed by atoms with Crippen molar-refractivity contribution in [3.8, 4) is 11.1 Å². The Hall–Kier alpha value is -4.59. The van der Waals surface area contributed by atoms with E-state index >= 15 is 8.78 Å². The smallest absolute Gasteiger partial charge is 0.379 e. The van der Waals surface area contributed by atoms with Gasteiger partial charge in [0.15, 0.2) is 0 Å². The molecule has 1 aliphatic heterocycles. The third-order valence-electron chi connectivity index (χ3n) is 8.53. The first-order valence-electron chi connectivity index (χ1n) is 14.9. The number of pyridine rings is 1. The van der Waals surface area contributed by atoms with Crippen LogP contribution in [-0.4, -0.2) is 50.9 Å². The predicted octanol–water partition coefficient (Wildman–Crippen LogP) is 7.25. The first-order chi connectivity index (χ1) is 22.7. The number of carbonyl (C=O) groups excluding carboxylic acids is 2. The number of hydrogen-bond donors (Lipinski definition) is 2. The van der Waals surface area contributed by atoms with Crippen molar-refractivity contribution in [3.05, 3.63) is 100 Å². The third-order valence-corrected chi connectivity index (χ3v) is 8.90. The Morgan fingerprint density at radius 1 is 1.12 bits per heavy atom. The van der Waals surface area contributed by atoms with E-state index in [0.29, 0.717) is 25.6 Å². The van der Waals surface area contributed by atoms with E-state index in [1.54, 1.807) is 14.0 Å². The van der Waals surface area contributed by atoms with Gasteiger partial charge in [0.05, 0.1) is 33.9 Å². The maximum absolute atomic E-state index is 15.1. The minimum atomic E-state index is -4.79. The highest BCUT2D eigenvalue weighted by Gasteiger charge is 2.37. The highest BCUT2D eigenvalue weighted by Crippen LogP contribution is 2.45. The zero-order chi connectivity index (χ0) is 34.5. The van der Waals surface area contributed by atoms with Crippen LogP contribution in [0.5, 0.6) is 0 Å². The summed E-state index contributed by atoms with van der Waals surface area (Å²) >= 11 is 6.61. The van der Waals surface area contributed by atoms with Crippen molar-refractivity contribution >= 4 is 45.5 Å². The van der Waals surface area contributed by atoms with Gasteiger partial charge in [-0.2, -0.15) is 13.2 Å². The quantitative estimate of drug-likeness (QED) is 0.102. The monoisotopic (exact) mass is 685 g/mol. The Labute approximate surface area is 276 Å². The standard InChI is InChI=1S/C34H29ClF5N5O3/c1-18-42-31-26(44(18)3)16-21(34(38,39)40)28(29(31)35)20-6-5-12-45-24(20)8-9-25(45)32(47)19-14-22(36)30(23(37)15-19)43-27(46)7-4-11-41-33(2)10-13-48-17-33/h4-9,12,14-16,41H,10-11,13,17H2,1-3H3,(H,43,46)/b7-4+. The van der Waals surface area contributed by atoms with Gasteiger partial charge in [-0.25, -0.2) is 13.8 Å². The molecule has 14 heteroatoms. The number of rotatable bonds is 8. The second-order valence-electron chi connectivity index (χ2n) is 11.9. The van der Waals surface area contributed by atoms with Crippen molar-refractivity contribution < 1.29 is 36.3 Å². The average Bonchev–Trinajstić information content (AvgIpc) is 3.74. The lowest BCUT2D eigenvalue weighted by molar-refractivity contribution is -0.137. The van der Waals surface area contributed by atoms with E-state index in [1.165, 1.54) is 45.5 Å². The van der Waals surface area contributed by atoms with Crippen LogP contribution in [0.25, 0.3) is 27.7 Å². The van der Waals surface area contributed by atoms with Gasteiger partial charge >= 0.3 is 6.18 Å². The summed E-state index contributed by atoms with van der Waals surface area (Å²) in [4.78, 5) is 30.2. The summed E-state index contributed by atoms with van der Waals surface area (Å²) in [6.07, 6.45) is 0.116. The number of nitrogens with zero attached hydrogens (tertiary/aromatic N) is 3. The minimum Gasteiger partial charge on any atom is -0.379 e. The molecule has 0 aliphatic carbocycles. The number of carbonyl (C=O) groups is 2. The van der Waals surface area contributed by atoms with E-state index < -0.39 is 40.8 Å². The molecule has 0 bridgehead atoms. The molecule has 1 amide bonds. The fraction of sp³-hybridized carbons (Fsp3) is 0.265.